The number of ether oxygens (including phenoxy) is 4. The summed E-state index contributed by atoms with van der Waals surface area (Å²) in [5.41, 5.74) is 4.82. The van der Waals surface area contributed by atoms with Gasteiger partial charge in [0.2, 0.25) is 0 Å². The van der Waals surface area contributed by atoms with E-state index in [0.29, 0.717) is 0 Å². The number of halogens is 1. The lowest BCUT2D eigenvalue weighted by atomic mass is 9.93. The van der Waals surface area contributed by atoms with Gasteiger partial charge in [0.25, 0.3) is 0 Å². The Hall–Kier alpha value is -1.96. The van der Waals surface area contributed by atoms with E-state index in [1.165, 1.54) is 22.4 Å². The molecule has 0 bridgehead atoms. The van der Waals surface area contributed by atoms with Crippen molar-refractivity contribution in [1.82, 2.24) is 0 Å². The van der Waals surface area contributed by atoms with Crippen LogP contribution >= 0.6 is 22.6 Å². The standard InChI is InChI=1S/C20H22INO4/c1-23-17-8-12-5-6-22-16(14(12)10-19(17)25-3)7-13-9-18(24-2)20(26-4)11-15(13)21/h8-11H,5-7H2,1-4H3/p+1. The van der Waals surface area contributed by atoms with Crippen LogP contribution in [0.4, 0.5) is 0 Å². The summed E-state index contributed by atoms with van der Waals surface area (Å²) in [4.78, 5) is 3.55. The predicted octanol–water partition coefficient (Wildman–Crippen LogP) is 1.99. The molecule has 5 nitrogen and oxygen atoms in total. The molecule has 2 aromatic carbocycles. The Morgan fingerprint density at radius 3 is 2.08 bits per heavy atom. The zero-order chi connectivity index (χ0) is 18.7. The molecule has 6 heteroatoms. The minimum atomic E-state index is 0.742. The van der Waals surface area contributed by atoms with Crippen LogP contribution in [-0.4, -0.2) is 40.7 Å². The molecule has 3 rings (SSSR count). The second-order valence-electron chi connectivity index (χ2n) is 6.00. The summed E-state index contributed by atoms with van der Waals surface area (Å²) in [5, 5.41) is 0. The molecule has 0 saturated carbocycles. The summed E-state index contributed by atoms with van der Waals surface area (Å²) in [5.74, 6) is 3.00. The molecule has 138 valence electrons. The van der Waals surface area contributed by atoms with Gasteiger partial charge < -0.3 is 18.9 Å². The van der Waals surface area contributed by atoms with Gasteiger partial charge in [-0.05, 0) is 58.0 Å². The second kappa shape index (κ2) is 8.16. The summed E-state index contributed by atoms with van der Waals surface area (Å²) >= 11 is 2.34. The average Bonchev–Trinajstić information content (AvgIpc) is 2.68. The molecule has 0 spiro atoms. The lowest BCUT2D eigenvalue weighted by Gasteiger charge is -2.17. The van der Waals surface area contributed by atoms with E-state index in [9.17, 15) is 0 Å². The van der Waals surface area contributed by atoms with Crippen LogP contribution in [0.5, 0.6) is 23.0 Å². The van der Waals surface area contributed by atoms with E-state index in [4.69, 9.17) is 18.9 Å². The molecule has 0 atom stereocenters. The Bertz CT molecular complexity index is 848. The third kappa shape index (κ3) is 3.60. The highest BCUT2D eigenvalue weighted by Crippen LogP contribution is 2.34. The van der Waals surface area contributed by atoms with Crippen LogP contribution in [0.25, 0.3) is 0 Å². The Balaban J connectivity index is 1.99. The van der Waals surface area contributed by atoms with Gasteiger partial charge in [-0.3, -0.25) is 0 Å². The lowest BCUT2D eigenvalue weighted by molar-refractivity contribution is -0.458. The first-order valence-electron chi connectivity index (χ1n) is 8.36. The Morgan fingerprint density at radius 2 is 1.42 bits per heavy atom. The summed E-state index contributed by atoms with van der Waals surface area (Å²) in [6.07, 6.45) is 1.74. The SMILES string of the molecule is COc1cc(I)c(CC2=[NH+]CCc3cc(OC)c(OC)cc32)cc1OC. The molecule has 0 radical (unpaired) electrons. The first-order valence-corrected chi connectivity index (χ1v) is 9.44. The van der Waals surface area contributed by atoms with Gasteiger partial charge in [-0.25, -0.2) is 4.99 Å². The van der Waals surface area contributed by atoms with Crippen molar-refractivity contribution in [2.24, 2.45) is 0 Å². The smallest absolute Gasteiger partial charge is 0.186 e. The maximum atomic E-state index is 5.49. The zero-order valence-corrected chi connectivity index (χ0v) is 17.6. The van der Waals surface area contributed by atoms with Crippen molar-refractivity contribution >= 4 is 28.3 Å². The molecule has 0 saturated heterocycles. The van der Waals surface area contributed by atoms with E-state index < -0.39 is 0 Å². The monoisotopic (exact) mass is 468 g/mol. The number of benzene rings is 2. The van der Waals surface area contributed by atoms with E-state index >= 15 is 0 Å². The molecule has 0 unspecified atom stereocenters. The van der Waals surface area contributed by atoms with E-state index in [2.05, 4.69) is 39.7 Å². The number of fused-ring (bicyclic) bond motifs is 1. The van der Waals surface area contributed by atoms with Crippen LogP contribution in [0, 0.1) is 3.57 Å². The summed E-state index contributed by atoms with van der Waals surface area (Å²) in [6.45, 7) is 0.904. The second-order valence-corrected chi connectivity index (χ2v) is 7.16. The van der Waals surface area contributed by atoms with E-state index in [1.54, 1.807) is 28.4 Å². The van der Waals surface area contributed by atoms with Gasteiger partial charge in [-0.1, -0.05) is 0 Å². The molecular weight excluding hydrogens is 445 g/mol. The third-order valence-electron chi connectivity index (χ3n) is 4.59. The van der Waals surface area contributed by atoms with Crippen molar-refractivity contribution in [3.05, 3.63) is 44.5 Å². The lowest BCUT2D eigenvalue weighted by Crippen LogP contribution is -2.76. The van der Waals surface area contributed by atoms with Gasteiger partial charge >= 0.3 is 0 Å². The summed E-state index contributed by atoms with van der Waals surface area (Å²) in [6, 6.07) is 8.19. The molecule has 0 fully saturated rings. The summed E-state index contributed by atoms with van der Waals surface area (Å²) in [7, 11) is 6.65. The van der Waals surface area contributed by atoms with Crippen LogP contribution in [0.3, 0.4) is 0 Å². The number of rotatable bonds is 6. The maximum absolute atomic E-state index is 5.49. The molecule has 2 aromatic rings. The predicted molar refractivity (Wildman–Crippen MR) is 109 cm³/mol. The van der Waals surface area contributed by atoms with Gasteiger partial charge in [0.15, 0.2) is 28.7 Å². The van der Waals surface area contributed by atoms with Crippen molar-refractivity contribution in [2.75, 3.05) is 35.0 Å². The van der Waals surface area contributed by atoms with Crippen molar-refractivity contribution in [3.63, 3.8) is 0 Å². The quantitative estimate of drug-likeness (QED) is 0.660. The number of methoxy groups -OCH3 is 4. The van der Waals surface area contributed by atoms with Crippen LogP contribution in [0.15, 0.2) is 24.3 Å². The topological polar surface area (TPSA) is 50.9 Å². The number of hydrogen-bond donors (Lipinski definition) is 1. The van der Waals surface area contributed by atoms with Crippen molar-refractivity contribution in [2.45, 2.75) is 12.8 Å². The van der Waals surface area contributed by atoms with Crippen LogP contribution in [-0.2, 0) is 12.8 Å². The molecule has 1 N–H and O–H groups in total. The normalized spacial score (nSPS) is 12.9. The Labute approximate surface area is 167 Å². The van der Waals surface area contributed by atoms with Gasteiger partial charge in [0.05, 0.1) is 34.9 Å². The van der Waals surface area contributed by atoms with Gasteiger partial charge in [0.1, 0.15) is 6.54 Å². The molecule has 0 aliphatic carbocycles. The minimum absolute atomic E-state index is 0.742. The van der Waals surface area contributed by atoms with Gasteiger partial charge in [-0.2, -0.15) is 0 Å². The third-order valence-corrected chi connectivity index (χ3v) is 5.59. The highest BCUT2D eigenvalue weighted by atomic mass is 127. The zero-order valence-electron chi connectivity index (χ0n) is 15.4. The molecular formula is C20H23INO4+. The first kappa shape index (κ1) is 18.8. The van der Waals surface area contributed by atoms with E-state index in [0.717, 1.165) is 46.0 Å². The minimum Gasteiger partial charge on any atom is -0.493 e. The van der Waals surface area contributed by atoms with Crippen LogP contribution in [0.2, 0.25) is 0 Å². The number of hydrogen-bond acceptors (Lipinski definition) is 4. The largest absolute Gasteiger partial charge is 0.493 e. The van der Waals surface area contributed by atoms with Crippen LogP contribution < -0.4 is 23.9 Å². The first-order chi connectivity index (χ1) is 12.6. The van der Waals surface area contributed by atoms with Gasteiger partial charge in [-0.15, -0.1) is 0 Å². The molecule has 0 amide bonds. The highest BCUT2D eigenvalue weighted by molar-refractivity contribution is 14.1. The fourth-order valence-electron chi connectivity index (χ4n) is 3.23. The number of nitrogens with one attached hydrogen (secondary N) is 1. The Kier molecular flexibility index (Phi) is 5.90. The molecule has 1 heterocycles. The fraction of sp³-hybridized carbons (Fsp3) is 0.350. The summed E-state index contributed by atoms with van der Waals surface area (Å²) < 4.78 is 22.9. The van der Waals surface area contributed by atoms with E-state index in [1.807, 2.05) is 12.1 Å². The Morgan fingerprint density at radius 1 is 0.846 bits per heavy atom. The van der Waals surface area contributed by atoms with Crippen LogP contribution in [0.1, 0.15) is 16.7 Å². The molecule has 1 aliphatic rings. The van der Waals surface area contributed by atoms with Crippen molar-refractivity contribution in [1.29, 1.82) is 0 Å². The molecule has 1 aliphatic heterocycles. The van der Waals surface area contributed by atoms with Crippen molar-refractivity contribution in [3.8, 4) is 23.0 Å². The average molecular weight is 468 g/mol. The maximum Gasteiger partial charge on any atom is 0.186 e. The molecule has 26 heavy (non-hydrogen) atoms. The fourth-order valence-corrected chi connectivity index (χ4v) is 3.86. The highest BCUT2D eigenvalue weighted by Gasteiger charge is 2.24. The van der Waals surface area contributed by atoms with E-state index in [-0.39, 0.29) is 0 Å². The van der Waals surface area contributed by atoms with Crippen molar-refractivity contribution < 1.29 is 23.9 Å². The molecule has 0 aromatic heterocycles. The van der Waals surface area contributed by atoms with Gasteiger partial charge in [0, 0.05) is 15.6 Å².